The van der Waals surface area contributed by atoms with E-state index in [9.17, 15) is 23.7 Å². The Kier molecular flexibility index (Phi) is 2.40. The lowest BCUT2D eigenvalue weighted by molar-refractivity contribution is -0.385. The van der Waals surface area contributed by atoms with Gasteiger partial charge in [0.05, 0.1) is 4.92 Å². The molecule has 0 amide bonds. The summed E-state index contributed by atoms with van der Waals surface area (Å²) in [6, 6.07) is 0. The van der Waals surface area contributed by atoms with Crippen molar-refractivity contribution in [2.75, 3.05) is 0 Å². The number of halogens is 2. The Hall–Kier alpha value is -2.06. The minimum absolute atomic E-state index is 0.0818. The molecule has 0 aliphatic heterocycles. The van der Waals surface area contributed by atoms with E-state index >= 15 is 0 Å². The molecule has 1 aromatic heterocycles. The van der Waals surface area contributed by atoms with Crippen LogP contribution in [-0.2, 0) is 0 Å². The van der Waals surface area contributed by atoms with Crippen LogP contribution in [-0.4, -0.2) is 25.8 Å². The van der Waals surface area contributed by atoms with E-state index in [1.165, 1.54) is 0 Å². The predicted octanol–water partition coefficient (Wildman–Crippen LogP) is 0.885. The van der Waals surface area contributed by atoms with Crippen LogP contribution in [0.2, 0.25) is 0 Å². The zero-order chi connectivity index (χ0) is 10.9. The van der Waals surface area contributed by atoms with Gasteiger partial charge in [0.2, 0.25) is 5.69 Å². The molecule has 76 valence electrons. The number of carboxylic acids is 1. The topological polar surface area (TPSA) is 98.3 Å². The fraction of sp³-hybridized carbons (Fsp3) is 0.200. The fourth-order valence-corrected chi connectivity index (χ4v) is 0.768. The molecular formula is C5H3F2N3O4. The first-order valence-corrected chi connectivity index (χ1v) is 3.18. The van der Waals surface area contributed by atoms with Gasteiger partial charge < -0.3 is 5.11 Å². The third kappa shape index (κ3) is 1.65. The average molecular weight is 207 g/mol. The highest BCUT2D eigenvalue weighted by molar-refractivity contribution is 5.89. The Bertz CT molecular complexity index is 357. The van der Waals surface area contributed by atoms with Gasteiger partial charge in [0, 0.05) is 0 Å². The molecule has 0 atom stereocenters. The molecule has 7 nitrogen and oxygen atoms in total. The van der Waals surface area contributed by atoms with Crippen molar-refractivity contribution < 1.29 is 23.6 Å². The zero-order valence-electron chi connectivity index (χ0n) is 6.42. The Morgan fingerprint density at radius 3 is 2.57 bits per heavy atom. The number of rotatable bonds is 3. The molecule has 0 spiro atoms. The molecular weight excluding hydrogens is 204 g/mol. The van der Waals surface area contributed by atoms with Gasteiger partial charge in [-0.2, -0.15) is 13.9 Å². The number of aromatic carboxylic acids is 1. The monoisotopic (exact) mass is 207 g/mol. The van der Waals surface area contributed by atoms with Gasteiger partial charge in [-0.05, 0) is 0 Å². The van der Waals surface area contributed by atoms with E-state index in [4.69, 9.17) is 5.11 Å². The number of nitro groups is 1. The molecule has 1 heterocycles. The van der Waals surface area contributed by atoms with Gasteiger partial charge in [-0.15, -0.1) is 0 Å². The van der Waals surface area contributed by atoms with Crippen molar-refractivity contribution in [2.24, 2.45) is 0 Å². The minimum Gasteiger partial charge on any atom is -0.476 e. The van der Waals surface area contributed by atoms with Crippen molar-refractivity contribution in [3.8, 4) is 0 Å². The van der Waals surface area contributed by atoms with E-state index in [1.807, 2.05) is 0 Å². The molecule has 14 heavy (non-hydrogen) atoms. The van der Waals surface area contributed by atoms with Crippen molar-refractivity contribution in [3.63, 3.8) is 0 Å². The Morgan fingerprint density at radius 2 is 2.29 bits per heavy atom. The second kappa shape index (κ2) is 3.36. The quantitative estimate of drug-likeness (QED) is 0.585. The first-order chi connectivity index (χ1) is 6.43. The maximum Gasteiger partial charge on any atom is 0.363 e. The van der Waals surface area contributed by atoms with Crippen LogP contribution >= 0.6 is 0 Å². The number of hydrogen-bond donors (Lipinski definition) is 1. The maximum absolute atomic E-state index is 12.0. The van der Waals surface area contributed by atoms with E-state index < -0.39 is 28.8 Å². The summed E-state index contributed by atoms with van der Waals surface area (Å²) >= 11 is 0. The van der Waals surface area contributed by atoms with E-state index in [1.54, 1.807) is 0 Å². The molecule has 0 saturated heterocycles. The van der Waals surface area contributed by atoms with E-state index in [0.29, 0.717) is 6.20 Å². The molecule has 1 aromatic rings. The first kappa shape index (κ1) is 10.0. The van der Waals surface area contributed by atoms with Crippen LogP contribution in [0.1, 0.15) is 17.0 Å². The van der Waals surface area contributed by atoms with Crippen molar-refractivity contribution in [3.05, 3.63) is 22.0 Å². The summed E-state index contributed by atoms with van der Waals surface area (Å²) in [6.07, 6.45) is 0.369. The van der Waals surface area contributed by atoms with Gasteiger partial charge in [0.15, 0.2) is 0 Å². The van der Waals surface area contributed by atoms with Crippen LogP contribution in [0.25, 0.3) is 0 Å². The van der Waals surface area contributed by atoms with Crippen LogP contribution < -0.4 is 0 Å². The highest BCUT2D eigenvalue weighted by Crippen LogP contribution is 2.20. The third-order valence-corrected chi connectivity index (χ3v) is 1.31. The van der Waals surface area contributed by atoms with Crippen LogP contribution in [0.5, 0.6) is 0 Å². The van der Waals surface area contributed by atoms with Gasteiger partial charge in [0.25, 0.3) is 0 Å². The molecule has 1 rings (SSSR count). The van der Waals surface area contributed by atoms with Crippen molar-refractivity contribution in [1.29, 1.82) is 0 Å². The molecule has 0 aliphatic carbocycles. The standard InChI is InChI=1S/C5H3F2N3O4/c6-5(7)9-1-2(10(13)14)3(8-9)4(11)12/h1,5H,(H,11,12). The van der Waals surface area contributed by atoms with Gasteiger partial charge in [-0.1, -0.05) is 0 Å². The minimum atomic E-state index is -3.11. The zero-order valence-corrected chi connectivity index (χ0v) is 6.42. The number of alkyl halides is 2. The number of carboxylic acid groups (broad SMARTS) is 1. The molecule has 0 radical (unpaired) electrons. The lowest BCUT2D eigenvalue weighted by Crippen LogP contribution is -2.03. The summed E-state index contributed by atoms with van der Waals surface area (Å²) in [5.74, 6) is -1.73. The summed E-state index contributed by atoms with van der Waals surface area (Å²) in [4.78, 5) is 19.5. The number of carbonyl (C=O) groups is 1. The number of nitrogens with zero attached hydrogens (tertiary/aromatic N) is 3. The van der Waals surface area contributed by atoms with Crippen LogP contribution in [0.4, 0.5) is 14.5 Å². The van der Waals surface area contributed by atoms with Gasteiger partial charge in [0.1, 0.15) is 6.20 Å². The van der Waals surface area contributed by atoms with E-state index in [-0.39, 0.29) is 4.68 Å². The summed E-state index contributed by atoms with van der Waals surface area (Å²) in [5.41, 5.74) is -1.96. The molecule has 0 unspecified atom stereocenters. The molecule has 0 aliphatic rings. The second-order valence-electron chi connectivity index (χ2n) is 2.18. The molecule has 9 heteroatoms. The van der Waals surface area contributed by atoms with Crippen molar-refractivity contribution >= 4 is 11.7 Å². The Balaban J connectivity index is 3.26. The Morgan fingerprint density at radius 1 is 1.71 bits per heavy atom. The van der Waals surface area contributed by atoms with Crippen molar-refractivity contribution in [1.82, 2.24) is 9.78 Å². The van der Waals surface area contributed by atoms with E-state index in [2.05, 4.69) is 5.10 Å². The highest BCUT2D eigenvalue weighted by atomic mass is 19.3. The number of hydrogen-bond acceptors (Lipinski definition) is 4. The van der Waals surface area contributed by atoms with Crippen molar-refractivity contribution in [2.45, 2.75) is 6.55 Å². The summed E-state index contributed by atoms with van der Waals surface area (Å²) in [5, 5.41) is 21.4. The molecule has 0 aromatic carbocycles. The summed E-state index contributed by atoms with van der Waals surface area (Å²) in [6.45, 7) is -3.11. The molecule has 1 N–H and O–H groups in total. The van der Waals surface area contributed by atoms with Crippen LogP contribution in [0, 0.1) is 10.1 Å². The molecule has 0 fully saturated rings. The lowest BCUT2D eigenvalue weighted by atomic mass is 10.4. The van der Waals surface area contributed by atoms with Gasteiger partial charge in [-0.3, -0.25) is 10.1 Å². The fourth-order valence-electron chi connectivity index (χ4n) is 0.768. The Labute approximate surface area is 74.7 Å². The third-order valence-electron chi connectivity index (χ3n) is 1.31. The second-order valence-corrected chi connectivity index (χ2v) is 2.18. The smallest absolute Gasteiger partial charge is 0.363 e. The average Bonchev–Trinajstić information content (AvgIpc) is 2.47. The summed E-state index contributed by atoms with van der Waals surface area (Å²) < 4.78 is 23.9. The van der Waals surface area contributed by atoms with Gasteiger partial charge >= 0.3 is 18.2 Å². The van der Waals surface area contributed by atoms with Crippen LogP contribution in [0.3, 0.4) is 0 Å². The molecule has 0 saturated carbocycles. The predicted molar refractivity (Wildman–Crippen MR) is 37.1 cm³/mol. The van der Waals surface area contributed by atoms with Gasteiger partial charge in [-0.25, -0.2) is 9.48 Å². The lowest BCUT2D eigenvalue weighted by Gasteiger charge is -1.93. The number of aromatic nitrogens is 2. The first-order valence-electron chi connectivity index (χ1n) is 3.18. The van der Waals surface area contributed by atoms with Crippen LogP contribution in [0.15, 0.2) is 6.20 Å². The highest BCUT2D eigenvalue weighted by Gasteiger charge is 2.27. The normalized spacial score (nSPS) is 10.5. The largest absolute Gasteiger partial charge is 0.476 e. The molecule has 0 bridgehead atoms. The van der Waals surface area contributed by atoms with E-state index in [0.717, 1.165) is 0 Å². The maximum atomic E-state index is 12.0. The SMILES string of the molecule is O=C(O)c1nn(C(F)F)cc1[N+](=O)[O-]. The summed E-state index contributed by atoms with van der Waals surface area (Å²) in [7, 11) is 0.